The number of morpholine rings is 1. The fourth-order valence-corrected chi connectivity index (χ4v) is 4.67. The number of anilines is 1. The minimum atomic E-state index is -0.316. The fraction of sp³-hybridized carbons (Fsp3) is 0.667. The molecule has 0 aromatic carbocycles. The molecule has 0 atom stereocenters. The van der Waals surface area contributed by atoms with Gasteiger partial charge in [-0.2, -0.15) is 0 Å². The first kappa shape index (κ1) is 18.4. The molecule has 0 saturated carbocycles. The lowest BCUT2D eigenvalue weighted by Gasteiger charge is -2.23. The predicted octanol–water partition coefficient (Wildman–Crippen LogP) is 1.05. The van der Waals surface area contributed by atoms with E-state index in [1.807, 2.05) is 13.8 Å². The van der Waals surface area contributed by atoms with Crippen LogP contribution in [-0.4, -0.2) is 50.8 Å². The van der Waals surface area contributed by atoms with Gasteiger partial charge in [-0.15, -0.1) is 11.3 Å². The third-order valence-electron chi connectivity index (χ3n) is 4.58. The van der Waals surface area contributed by atoms with E-state index >= 15 is 0 Å². The summed E-state index contributed by atoms with van der Waals surface area (Å²) in [4.78, 5) is 27.5. The van der Waals surface area contributed by atoms with E-state index in [4.69, 9.17) is 9.47 Å². The average Bonchev–Trinajstić information content (AvgIpc) is 2.92. The Morgan fingerprint density at radius 2 is 1.96 bits per heavy atom. The van der Waals surface area contributed by atoms with Gasteiger partial charge in [-0.1, -0.05) is 0 Å². The quantitative estimate of drug-likeness (QED) is 0.763. The number of aryl methyl sites for hydroxylation is 1. The Hall–Kier alpha value is -1.44. The normalized spacial score (nSPS) is 18.0. The van der Waals surface area contributed by atoms with Crippen molar-refractivity contribution in [2.24, 2.45) is 0 Å². The molecule has 1 aliphatic carbocycles. The summed E-state index contributed by atoms with van der Waals surface area (Å²) in [6.45, 7) is 7.18. The van der Waals surface area contributed by atoms with E-state index in [1.54, 1.807) is 11.3 Å². The van der Waals surface area contributed by atoms with Gasteiger partial charge in [0.2, 0.25) is 0 Å². The van der Waals surface area contributed by atoms with E-state index in [2.05, 4.69) is 5.32 Å². The molecular weight excluding hydrogens is 340 g/mol. The molecule has 0 bridgehead atoms. The number of rotatable bonds is 5. The van der Waals surface area contributed by atoms with Gasteiger partial charge in [0.15, 0.2) is 6.54 Å². The largest absolute Gasteiger partial charge is 0.459 e. The lowest BCUT2D eigenvalue weighted by molar-refractivity contribution is -0.899. The summed E-state index contributed by atoms with van der Waals surface area (Å²) in [5.41, 5.74) is 1.66. The van der Waals surface area contributed by atoms with Crippen molar-refractivity contribution in [1.29, 1.82) is 0 Å². The topological polar surface area (TPSA) is 69.1 Å². The van der Waals surface area contributed by atoms with Crippen LogP contribution in [-0.2, 0) is 27.1 Å². The van der Waals surface area contributed by atoms with Gasteiger partial charge >= 0.3 is 5.97 Å². The highest BCUT2D eigenvalue weighted by Gasteiger charge is 2.28. The Bertz CT molecular complexity index is 635. The maximum absolute atomic E-state index is 12.6. The third kappa shape index (κ3) is 4.59. The molecule has 1 saturated heterocycles. The highest BCUT2D eigenvalue weighted by Crippen LogP contribution is 2.38. The fourth-order valence-electron chi connectivity index (χ4n) is 3.38. The van der Waals surface area contributed by atoms with Crippen LogP contribution in [0.5, 0.6) is 0 Å². The molecule has 1 aromatic rings. The zero-order chi connectivity index (χ0) is 17.8. The molecular formula is C18H27N2O4S+. The molecule has 2 aliphatic rings. The molecule has 138 valence electrons. The SMILES string of the molecule is CC(C)OC(=O)c1c(NC(=O)C[NH+]2CCOCC2)sc2c1CCCC2. The summed E-state index contributed by atoms with van der Waals surface area (Å²) in [6.07, 6.45) is 3.91. The minimum absolute atomic E-state index is 0.0471. The number of esters is 1. The van der Waals surface area contributed by atoms with Crippen LogP contribution in [0.3, 0.4) is 0 Å². The molecule has 2 heterocycles. The second-order valence-corrected chi connectivity index (χ2v) is 8.06. The number of thiophene rings is 1. The smallest absolute Gasteiger partial charge is 0.341 e. The van der Waals surface area contributed by atoms with E-state index in [0.29, 0.717) is 30.3 Å². The first-order valence-corrected chi connectivity index (χ1v) is 9.93. The van der Waals surface area contributed by atoms with Gasteiger partial charge in [-0.05, 0) is 45.1 Å². The number of hydrogen-bond donors (Lipinski definition) is 2. The zero-order valence-corrected chi connectivity index (χ0v) is 15.8. The Morgan fingerprint density at radius 1 is 1.24 bits per heavy atom. The zero-order valence-electron chi connectivity index (χ0n) is 15.0. The molecule has 1 fully saturated rings. The van der Waals surface area contributed by atoms with E-state index in [-0.39, 0.29) is 18.0 Å². The first-order chi connectivity index (χ1) is 12.0. The lowest BCUT2D eigenvalue weighted by Crippen LogP contribution is -3.15. The Morgan fingerprint density at radius 3 is 2.68 bits per heavy atom. The number of quaternary nitrogens is 1. The number of carbonyl (C=O) groups excluding carboxylic acids is 2. The summed E-state index contributed by atoms with van der Waals surface area (Å²) in [5, 5.41) is 3.65. The van der Waals surface area contributed by atoms with Crippen LogP contribution in [0.4, 0.5) is 5.00 Å². The number of fused-ring (bicyclic) bond motifs is 1. The molecule has 0 radical (unpaired) electrons. The third-order valence-corrected chi connectivity index (χ3v) is 5.79. The van der Waals surface area contributed by atoms with Crippen LogP contribution in [0.1, 0.15) is 47.5 Å². The van der Waals surface area contributed by atoms with Gasteiger partial charge in [0.25, 0.3) is 5.91 Å². The molecule has 0 unspecified atom stereocenters. The molecule has 3 rings (SSSR count). The van der Waals surface area contributed by atoms with E-state index < -0.39 is 0 Å². The van der Waals surface area contributed by atoms with Crippen molar-refractivity contribution >= 4 is 28.2 Å². The van der Waals surface area contributed by atoms with Crippen molar-refractivity contribution in [3.05, 3.63) is 16.0 Å². The first-order valence-electron chi connectivity index (χ1n) is 9.11. The maximum atomic E-state index is 12.6. The minimum Gasteiger partial charge on any atom is -0.459 e. The van der Waals surface area contributed by atoms with Crippen LogP contribution >= 0.6 is 11.3 Å². The monoisotopic (exact) mass is 367 g/mol. The molecule has 1 amide bonds. The van der Waals surface area contributed by atoms with Gasteiger partial charge in [-0.25, -0.2) is 4.79 Å². The Kier molecular flexibility index (Phi) is 6.09. The molecule has 2 N–H and O–H groups in total. The second-order valence-electron chi connectivity index (χ2n) is 6.96. The van der Waals surface area contributed by atoms with Crippen molar-refractivity contribution in [3.8, 4) is 0 Å². The Balaban J connectivity index is 1.76. The highest BCUT2D eigenvalue weighted by molar-refractivity contribution is 7.17. The van der Waals surface area contributed by atoms with Crippen molar-refractivity contribution in [3.63, 3.8) is 0 Å². The number of carbonyl (C=O) groups is 2. The van der Waals surface area contributed by atoms with Crippen molar-refractivity contribution < 1.29 is 24.0 Å². The van der Waals surface area contributed by atoms with Gasteiger partial charge in [0, 0.05) is 4.88 Å². The summed E-state index contributed by atoms with van der Waals surface area (Å²) in [5.74, 6) is -0.363. The summed E-state index contributed by atoms with van der Waals surface area (Å²) in [7, 11) is 0. The van der Waals surface area contributed by atoms with E-state index in [1.165, 1.54) is 9.78 Å². The van der Waals surface area contributed by atoms with Gasteiger partial charge in [0.1, 0.15) is 18.1 Å². The van der Waals surface area contributed by atoms with Crippen LogP contribution in [0, 0.1) is 0 Å². The number of hydrogen-bond acceptors (Lipinski definition) is 5. The highest BCUT2D eigenvalue weighted by atomic mass is 32.1. The van der Waals surface area contributed by atoms with E-state index in [0.717, 1.165) is 44.3 Å². The average molecular weight is 367 g/mol. The Labute approximate surface area is 152 Å². The van der Waals surface area contributed by atoms with Crippen molar-refractivity contribution in [2.45, 2.75) is 45.6 Å². The summed E-state index contributed by atoms with van der Waals surface area (Å²) in [6, 6.07) is 0. The standard InChI is InChI=1S/C18H26N2O4S/c1-12(2)24-18(22)16-13-5-3-4-6-14(13)25-17(16)19-15(21)11-20-7-9-23-10-8-20/h12H,3-11H2,1-2H3,(H,19,21)/p+1. The lowest BCUT2D eigenvalue weighted by atomic mass is 9.95. The maximum Gasteiger partial charge on any atom is 0.341 e. The van der Waals surface area contributed by atoms with Gasteiger partial charge in [0.05, 0.1) is 24.9 Å². The van der Waals surface area contributed by atoms with Crippen LogP contribution in [0.15, 0.2) is 0 Å². The number of amides is 1. The van der Waals surface area contributed by atoms with Crippen molar-refractivity contribution in [1.82, 2.24) is 0 Å². The van der Waals surface area contributed by atoms with Crippen molar-refractivity contribution in [2.75, 3.05) is 38.2 Å². The van der Waals surface area contributed by atoms with Gasteiger partial charge < -0.3 is 19.7 Å². The molecule has 25 heavy (non-hydrogen) atoms. The number of nitrogens with one attached hydrogen (secondary N) is 2. The summed E-state index contributed by atoms with van der Waals surface area (Å²) >= 11 is 1.54. The van der Waals surface area contributed by atoms with Crippen LogP contribution < -0.4 is 10.2 Å². The van der Waals surface area contributed by atoms with E-state index in [9.17, 15) is 9.59 Å². The molecule has 1 aliphatic heterocycles. The second kappa shape index (κ2) is 8.29. The molecule has 1 aromatic heterocycles. The van der Waals surface area contributed by atoms with Crippen LogP contribution in [0.25, 0.3) is 0 Å². The summed E-state index contributed by atoms with van der Waals surface area (Å²) < 4.78 is 10.8. The molecule has 6 nitrogen and oxygen atoms in total. The predicted molar refractivity (Wildman–Crippen MR) is 96.5 cm³/mol. The van der Waals surface area contributed by atoms with Crippen LogP contribution in [0.2, 0.25) is 0 Å². The number of ether oxygens (including phenoxy) is 2. The van der Waals surface area contributed by atoms with Gasteiger partial charge in [-0.3, -0.25) is 4.79 Å². The molecule has 0 spiro atoms. The molecule has 7 heteroatoms.